The lowest BCUT2D eigenvalue weighted by Gasteiger charge is -2.16. The van der Waals surface area contributed by atoms with Crippen LogP contribution in [0.15, 0.2) is 48.5 Å². The molecule has 1 aliphatic heterocycles. The van der Waals surface area contributed by atoms with Crippen LogP contribution in [0.1, 0.15) is 27.9 Å². The molecule has 1 aliphatic rings. The minimum absolute atomic E-state index is 0.0402. The molecule has 0 radical (unpaired) electrons. The molecule has 0 bridgehead atoms. The zero-order valence-electron chi connectivity index (χ0n) is 15.6. The van der Waals surface area contributed by atoms with Gasteiger partial charge in [-0.15, -0.1) is 0 Å². The molecular formula is C21H22N2O5. The van der Waals surface area contributed by atoms with Gasteiger partial charge in [0.05, 0.1) is 13.0 Å². The van der Waals surface area contributed by atoms with Crippen LogP contribution < -0.4 is 10.1 Å². The van der Waals surface area contributed by atoms with Gasteiger partial charge in [0.25, 0.3) is 0 Å². The summed E-state index contributed by atoms with van der Waals surface area (Å²) in [6, 6.07) is 14.4. The van der Waals surface area contributed by atoms with Crippen molar-refractivity contribution >= 4 is 17.8 Å². The molecule has 1 saturated heterocycles. The summed E-state index contributed by atoms with van der Waals surface area (Å²) in [5, 5.41) is 12.0. The highest BCUT2D eigenvalue weighted by molar-refractivity contribution is 5.91. The van der Waals surface area contributed by atoms with Crippen LogP contribution in [0.5, 0.6) is 5.75 Å². The van der Waals surface area contributed by atoms with Crippen LogP contribution >= 0.6 is 0 Å². The van der Waals surface area contributed by atoms with Crippen molar-refractivity contribution in [3.63, 3.8) is 0 Å². The molecule has 1 fully saturated rings. The molecule has 0 saturated carbocycles. The molecule has 2 N–H and O–H groups in total. The van der Waals surface area contributed by atoms with E-state index in [4.69, 9.17) is 4.74 Å². The van der Waals surface area contributed by atoms with E-state index in [-0.39, 0.29) is 36.1 Å². The predicted octanol–water partition coefficient (Wildman–Crippen LogP) is 2.06. The number of benzene rings is 2. The minimum Gasteiger partial charge on any atom is -0.496 e. The second-order valence-electron chi connectivity index (χ2n) is 6.72. The first kappa shape index (κ1) is 19.4. The zero-order valence-corrected chi connectivity index (χ0v) is 15.6. The quantitative estimate of drug-likeness (QED) is 0.764. The summed E-state index contributed by atoms with van der Waals surface area (Å²) < 4.78 is 5.03. The lowest BCUT2D eigenvalue weighted by Crippen LogP contribution is -2.32. The van der Waals surface area contributed by atoms with E-state index in [2.05, 4.69) is 5.32 Å². The summed E-state index contributed by atoms with van der Waals surface area (Å²) in [5.74, 6) is -1.49. The van der Waals surface area contributed by atoms with Gasteiger partial charge in [0, 0.05) is 26.1 Å². The highest BCUT2D eigenvalue weighted by Gasteiger charge is 2.34. The van der Waals surface area contributed by atoms with Crippen LogP contribution in [-0.2, 0) is 22.7 Å². The first-order valence-electron chi connectivity index (χ1n) is 8.97. The van der Waals surface area contributed by atoms with E-state index in [0.29, 0.717) is 18.7 Å². The number of hydrogen-bond donors (Lipinski definition) is 2. The number of methoxy groups -OCH3 is 1. The molecule has 3 rings (SSSR count). The van der Waals surface area contributed by atoms with Gasteiger partial charge in [-0.1, -0.05) is 36.4 Å². The van der Waals surface area contributed by atoms with E-state index < -0.39 is 11.9 Å². The first-order valence-corrected chi connectivity index (χ1v) is 8.97. The third kappa shape index (κ3) is 4.49. The largest absolute Gasteiger partial charge is 0.496 e. The van der Waals surface area contributed by atoms with Gasteiger partial charge in [-0.2, -0.15) is 0 Å². The summed E-state index contributed by atoms with van der Waals surface area (Å²) in [5.41, 5.74) is 1.72. The van der Waals surface area contributed by atoms with Gasteiger partial charge in [-0.3, -0.25) is 9.59 Å². The standard InChI is InChI=1S/C21H22N2O5/c1-28-18-8-7-15(9-17(18)21(26)27)11-22-20(25)16-10-19(24)23(13-16)12-14-5-3-2-4-6-14/h2-9,16H,10-13H2,1H3,(H,22,25)(H,26,27). The molecule has 2 aromatic carbocycles. The van der Waals surface area contributed by atoms with Crippen LogP contribution in [-0.4, -0.2) is 41.4 Å². The van der Waals surface area contributed by atoms with Gasteiger partial charge in [0.2, 0.25) is 11.8 Å². The van der Waals surface area contributed by atoms with Gasteiger partial charge in [-0.25, -0.2) is 4.79 Å². The monoisotopic (exact) mass is 382 g/mol. The van der Waals surface area contributed by atoms with Crippen molar-refractivity contribution < 1.29 is 24.2 Å². The highest BCUT2D eigenvalue weighted by atomic mass is 16.5. The molecule has 1 unspecified atom stereocenters. The van der Waals surface area contributed by atoms with E-state index in [9.17, 15) is 19.5 Å². The third-order valence-corrected chi connectivity index (χ3v) is 4.76. The number of carbonyl (C=O) groups is 3. The Labute approximate surface area is 162 Å². The molecule has 7 heteroatoms. The van der Waals surface area contributed by atoms with E-state index in [1.54, 1.807) is 17.0 Å². The highest BCUT2D eigenvalue weighted by Crippen LogP contribution is 2.22. The number of carboxylic acids is 1. The van der Waals surface area contributed by atoms with Crippen LogP contribution in [0.25, 0.3) is 0 Å². The molecule has 0 spiro atoms. The van der Waals surface area contributed by atoms with Gasteiger partial charge < -0.3 is 20.1 Å². The van der Waals surface area contributed by atoms with Crippen molar-refractivity contribution in [2.45, 2.75) is 19.5 Å². The number of hydrogen-bond acceptors (Lipinski definition) is 4. The molecule has 0 aromatic heterocycles. The Morgan fingerprint density at radius 2 is 1.93 bits per heavy atom. The summed E-state index contributed by atoms with van der Waals surface area (Å²) in [6.07, 6.45) is 0.182. The van der Waals surface area contributed by atoms with Crippen molar-refractivity contribution in [3.8, 4) is 5.75 Å². The lowest BCUT2D eigenvalue weighted by atomic mass is 10.1. The average molecular weight is 382 g/mol. The molecular weight excluding hydrogens is 360 g/mol. The smallest absolute Gasteiger partial charge is 0.339 e. The minimum atomic E-state index is -1.09. The molecule has 1 atom stereocenters. The van der Waals surface area contributed by atoms with Gasteiger partial charge in [0.15, 0.2) is 0 Å². The fourth-order valence-electron chi connectivity index (χ4n) is 3.27. The second kappa shape index (κ2) is 8.56. The van der Waals surface area contributed by atoms with E-state index in [1.807, 2.05) is 30.3 Å². The van der Waals surface area contributed by atoms with Crippen molar-refractivity contribution in [2.75, 3.05) is 13.7 Å². The number of carbonyl (C=O) groups excluding carboxylic acids is 2. The second-order valence-corrected chi connectivity index (χ2v) is 6.72. The van der Waals surface area contributed by atoms with Crippen molar-refractivity contribution in [3.05, 3.63) is 65.2 Å². The van der Waals surface area contributed by atoms with E-state index >= 15 is 0 Å². The zero-order chi connectivity index (χ0) is 20.1. The summed E-state index contributed by atoms with van der Waals surface area (Å²) in [4.78, 5) is 37.7. The Morgan fingerprint density at radius 1 is 1.18 bits per heavy atom. The first-order chi connectivity index (χ1) is 13.5. The molecule has 28 heavy (non-hydrogen) atoms. The van der Waals surface area contributed by atoms with Crippen LogP contribution in [0, 0.1) is 5.92 Å². The van der Waals surface area contributed by atoms with E-state index in [0.717, 1.165) is 5.56 Å². The maximum atomic E-state index is 12.5. The summed E-state index contributed by atoms with van der Waals surface area (Å²) >= 11 is 0. The molecule has 2 aromatic rings. The molecule has 2 amide bonds. The summed E-state index contributed by atoms with van der Waals surface area (Å²) in [6.45, 7) is 1.05. The lowest BCUT2D eigenvalue weighted by molar-refractivity contribution is -0.129. The topological polar surface area (TPSA) is 95.9 Å². The molecule has 0 aliphatic carbocycles. The number of carboxylic acid groups (broad SMARTS) is 1. The number of likely N-dealkylation sites (tertiary alicyclic amines) is 1. The number of nitrogens with zero attached hydrogens (tertiary/aromatic N) is 1. The fraction of sp³-hybridized carbons (Fsp3) is 0.286. The van der Waals surface area contributed by atoms with Gasteiger partial charge in [0.1, 0.15) is 11.3 Å². The van der Waals surface area contributed by atoms with E-state index in [1.165, 1.54) is 13.2 Å². The maximum absolute atomic E-state index is 12.5. The summed E-state index contributed by atoms with van der Waals surface area (Å²) in [7, 11) is 1.40. The number of amides is 2. The predicted molar refractivity (Wildman–Crippen MR) is 102 cm³/mol. The Morgan fingerprint density at radius 3 is 2.61 bits per heavy atom. The number of ether oxygens (including phenoxy) is 1. The fourth-order valence-corrected chi connectivity index (χ4v) is 3.27. The normalized spacial score (nSPS) is 16.1. The molecule has 146 valence electrons. The van der Waals surface area contributed by atoms with Crippen LogP contribution in [0.2, 0.25) is 0 Å². The third-order valence-electron chi connectivity index (χ3n) is 4.76. The average Bonchev–Trinajstić information content (AvgIpc) is 3.07. The number of rotatable bonds is 7. The molecule has 7 nitrogen and oxygen atoms in total. The van der Waals surface area contributed by atoms with Crippen molar-refractivity contribution in [1.82, 2.24) is 10.2 Å². The maximum Gasteiger partial charge on any atom is 0.339 e. The number of nitrogens with one attached hydrogen (secondary N) is 1. The molecule has 1 heterocycles. The van der Waals surface area contributed by atoms with Gasteiger partial charge >= 0.3 is 5.97 Å². The SMILES string of the molecule is COc1ccc(CNC(=O)C2CC(=O)N(Cc3ccccc3)C2)cc1C(=O)O. The Bertz CT molecular complexity index is 882. The Balaban J connectivity index is 1.57. The Kier molecular flexibility index (Phi) is 5.93. The number of aromatic carboxylic acids is 1. The van der Waals surface area contributed by atoms with Crippen LogP contribution in [0.3, 0.4) is 0 Å². The Hall–Kier alpha value is -3.35. The van der Waals surface area contributed by atoms with Gasteiger partial charge in [-0.05, 0) is 23.3 Å². The van der Waals surface area contributed by atoms with Crippen molar-refractivity contribution in [1.29, 1.82) is 0 Å². The van der Waals surface area contributed by atoms with Crippen molar-refractivity contribution in [2.24, 2.45) is 5.92 Å². The van der Waals surface area contributed by atoms with Crippen LogP contribution in [0.4, 0.5) is 0 Å².